The molecule has 0 fully saturated rings. The molecule has 0 saturated heterocycles. The van der Waals surface area contributed by atoms with E-state index in [1.165, 1.54) is 54.5 Å². The lowest BCUT2D eigenvalue weighted by atomic mass is 9.70. The molecule has 0 unspecified atom stereocenters. The minimum absolute atomic E-state index is 0.229. The van der Waals surface area contributed by atoms with Crippen LogP contribution in [0.2, 0.25) is 0 Å². The minimum Gasteiger partial charge on any atom is -0.0619 e. The molecule has 134 valence electrons. The molecule has 0 bridgehead atoms. The monoisotopic (exact) mass is 422 g/mol. The van der Waals surface area contributed by atoms with Crippen molar-refractivity contribution >= 4 is 15.9 Å². The molecule has 28 heavy (non-hydrogen) atoms. The van der Waals surface area contributed by atoms with Crippen LogP contribution in [-0.4, -0.2) is 0 Å². The summed E-state index contributed by atoms with van der Waals surface area (Å²) in [5, 5.41) is 0. The van der Waals surface area contributed by atoms with E-state index in [4.69, 9.17) is 0 Å². The molecule has 0 heterocycles. The van der Waals surface area contributed by atoms with E-state index in [1.807, 2.05) is 0 Å². The maximum atomic E-state index is 3.86. The van der Waals surface area contributed by atoms with Crippen LogP contribution in [0, 0.1) is 0 Å². The zero-order valence-corrected chi connectivity index (χ0v) is 17.3. The van der Waals surface area contributed by atoms with Crippen LogP contribution in [0.4, 0.5) is 0 Å². The average Bonchev–Trinajstić information content (AvgIpc) is 3.21. The van der Waals surface area contributed by atoms with E-state index in [0.717, 1.165) is 6.42 Å². The number of halogens is 1. The molecule has 4 aromatic carbocycles. The maximum absolute atomic E-state index is 3.86. The Morgan fingerprint density at radius 2 is 1.29 bits per heavy atom. The minimum atomic E-state index is -0.229. The van der Waals surface area contributed by atoms with Gasteiger partial charge in [-0.2, -0.15) is 0 Å². The summed E-state index contributed by atoms with van der Waals surface area (Å²) in [7, 11) is 0. The van der Waals surface area contributed by atoms with E-state index in [-0.39, 0.29) is 5.41 Å². The third kappa shape index (κ3) is 1.81. The molecule has 2 aliphatic carbocycles. The van der Waals surface area contributed by atoms with Gasteiger partial charge in [-0.15, -0.1) is 0 Å². The summed E-state index contributed by atoms with van der Waals surface area (Å²) in [5.41, 5.74) is 12.2. The van der Waals surface area contributed by atoms with Crippen LogP contribution >= 0.6 is 15.9 Å². The van der Waals surface area contributed by atoms with Crippen LogP contribution < -0.4 is 0 Å². The van der Waals surface area contributed by atoms with Crippen LogP contribution in [0.5, 0.6) is 0 Å². The summed E-state index contributed by atoms with van der Waals surface area (Å²) >= 11 is 3.86. The molecule has 0 aliphatic heterocycles. The number of aryl methyl sites for hydroxylation is 1. The van der Waals surface area contributed by atoms with Gasteiger partial charge in [0.1, 0.15) is 0 Å². The topological polar surface area (TPSA) is 0 Å². The molecule has 1 heteroatoms. The van der Waals surface area contributed by atoms with Gasteiger partial charge >= 0.3 is 0 Å². The van der Waals surface area contributed by atoms with E-state index in [0.29, 0.717) is 0 Å². The Hall–Kier alpha value is -2.64. The van der Waals surface area contributed by atoms with Crippen LogP contribution in [0.1, 0.15) is 34.7 Å². The lowest BCUT2D eigenvalue weighted by Gasteiger charge is -2.30. The van der Waals surface area contributed by atoms with E-state index in [2.05, 4.69) is 108 Å². The molecule has 0 N–H and O–H groups in total. The number of fused-ring (bicyclic) bond motifs is 10. The Morgan fingerprint density at radius 3 is 1.96 bits per heavy atom. The molecule has 0 radical (unpaired) electrons. The van der Waals surface area contributed by atoms with Crippen LogP contribution in [0.3, 0.4) is 0 Å². The van der Waals surface area contributed by atoms with Crippen molar-refractivity contribution in [3.05, 3.63) is 117 Å². The van der Waals surface area contributed by atoms with Crippen molar-refractivity contribution in [1.82, 2.24) is 0 Å². The second-order valence-electron chi connectivity index (χ2n) is 7.74. The number of benzene rings is 4. The van der Waals surface area contributed by atoms with Crippen molar-refractivity contribution in [1.29, 1.82) is 0 Å². The van der Waals surface area contributed by atoms with Crippen molar-refractivity contribution in [3.8, 4) is 22.3 Å². The number of rotatable bonds is 1. The van der Waals surface area contributed by atoms with Crippen LogP contribution in [0.25, 0.3) is 22.3 Å². The zero-order valence-electron chi connectivity index (χ0n) is 15.7. The van der Waals surface area contributed by atoms with Gasteiger partial charge in [-0.25, -0.2) is 0 Å². The highest BCUT2D eigenvalue weighted by molar-refractivity contribution is 9.10. The molecule has 0 amide bonds. The SMILES string of the molecule is CCc1ccc2c(c1)C1(c3ccccc3-c3ccccc31)c1cccc(Br)c1-2. The highest BCUT2D eigenvalue weighted by atomic mass is 79.9. The first kappa shape index (κ1) is 16.3. The summed E-state index contributed by atoms with van der Waals surface area (Å²) < 4.78 is 1.18. The molecule has 0 atom stereocenters. The molecule has 0 aromatic heterocycles. The highest BCUT2D eigenvalue weighted by Crippen LogP contribution is 2.63. The lowest BCUT2D eigenvalue weighted by Crippen LogP contribution is -2.26. The van der Waals surface area contributed by atoms with Crippen molar-refractivity contribution < 1.29 is 0 Å². The Balaban J connectivity index is 1.86. The van der Waals surface area contributed by atoms with Gasteiger partial charge in [0.05, 0.1) is 5.41 Å². The van der Waals surface area contributed by atoms with E-state index in [1.54, 1.807) is 0 Å². The fourth-order valence-electron chi connectivity index (χ4n) is 5.41. The van der Waals surface area contributed by atoms with Gasteiger partial charge in [0, 0.05) is 10.0 Å². The third-order valence-electron chi connectivity index (χ3n) is 6.54. The molecule has 4 aromatic rings. The predicted molar refractivity (Wildman–Crippen MR) is 120 cm³/mol. The molecular weight excluding hydrogens is 404 g/mol. The van der Waals surface area contributed by atoms with Crippen LogP contribution in [-0.2, 0) is 11.8 Å². The first-order chi connectivity index (χ1) is 13.8. The normalized spacial score (nSPS) is 14.5. The molecular formula is C27H19Br. The Morgan fingerprint density at radius 1 is 0.643 bits per heavy atom. The Labute approximate surface area is 174 Å². The average molecular weight is 423 g/mol. The van der Waals surface area contributed by atoms with Gasteiger partial charge in [-0.05, 0) is 57.0 Å². The van der Waals surface area contributed by atoms with Gasteiger partial charge in [0.15, 0.2) is 0 Å². The summed E-state index contributed by atoms with van der Waals surface area (Å²) in [4.78, 5) is 0. The molecule has 1 spiro atoms. The molecule has 0 saturated carbocycles. The fourth-order valence-corrected chi connectivity index (χ4v) is 5.99. The second kappa shape index (κ2) is 5.68. The van der Waals surface area contributed by atoms with Gasteiger partial charge in [0.25, 0.3) is 0 Å². The molecule has 6 rings (SSSR count). The summed E-state index contributed by atoms with van der Waals surface area (Å²) in [5.74, 6) is 0. The number of hydrogen-bond donors (Lipinski definition) is 0. The quantitative estimate of drug-likeness (QED) is 0.259. The molecule has 0 nitrogen and oxygen atoms in total. The Bertz CT molecular complexity index is 1220. The van der Waals surface area contributed by atoms with Gasteiger partial charge < -0.3 is 0 Å². The van der Waals surface area contributed by atoms with Crippen molar-refractivity contribution in [3.63, 3.8) is 0 Å². The van der Waals surface area contributed by atoms with E-state index < -0.39 is 0 Å². The summed E-state index contributed by atoms with van der Waals surface area (Å²) in [6.45, 7) is 2.24. The van der Waals surface area contributed by atoms with Gasteiger partial charge in [-0.3, -0.25) is 0 Å². The number of hydrogen-bond acceptors (Lipinski definition) is 0. The van der Waals surface area contributed by atoms with Crippen molar-refractivity contribution in [2.45, 2.75) is 18.8 Å². The van der Waals surface area contributed by atoms with Gasteiger partial charge in [0.2, 0.25) is 0 Å². The first-order valence-electron chi connectivity index (χ1n) is 9.89. The van der Waals surface area contributed by atoms with E-state index >= 15 is 0 Å². The second-order valence-corrected chi connectivity index (χ2v) is 8.59. The lowest BCUT2D eigenvalue weighted by molar-refractivity contribution is 0.791. The Kier molecular flexibility index (Phi) is 3.31. The highest BCUT2D eigenvalue weighted by Gasteiger charge is 2.51. The van der Waals surface area contributed by atoms with Crippen LogP contribution in [0.15, 0.2) is 89.4 Å². The third-order valence-corrected chi connectivity index (χ3v) is 7.20. The van der Waals surface area contributed by atoms with Gasteiger partial charge in [-0.1, -0.05) is 102 Å². The van der Waals surface area contributed by atoms with Crippen molar-refractivity contribution in [2.75, 3.05) is 0 Å². The maximum Gasteiger partial charge on any atom is 0.0726 e. The predicted octanol–water partition coefficient (Wildman–Crippen LogP) is 7.36. The summed E-state index contributed by atoms with van der Waals surface area (Å²) in [6.07, 6.45) is 1.05. The first-order valence-corrected chi connectivity index (χ1v) is 10.7. The van der Waals surface area contributed by atoms with Crippen molar-refractivity contribution in [2.24, 2.45) is 0 Å². The fraction of sp³-hybridized carbons (Fsp3) is 0.111. The molecule has 2 aliphatic rings. The zero-order chi connectivity index (χ0) is 18.9. The smallest absolute Gasteiger partial charge is 0.0619 e. The standard InChI is InChI=1S/C27H19Br/c1-2-17-14-15-20-24(16-17)27(23-12-7-13-25(28)26(20)23)21-10-5-3-8-18(21)19-9-4-6-11-22(19)27/h3-16H,2H2,1H3. The van der Waals surface area contributed by atoms with E-state index in [9.17, 15) is 0 Å². The largest absolute Gasteiger partial charge is 0.0726 e. The summed E-state index contributed by atoms with van der Waals surface area (Å²) in [6, 6.07) is 31.6.